The highest BCUT2D eigenvalue weighted by Gasteiger charge is 2.27. The summed E-state index contributed by atoms with van der Waals surface area (Å²) in [6.07, 6.45) is 4.62. The van der Waals surface area contributed by atoms with Crippen molar-refractivity contribution in [2.75, 3.05) is 46.8 Å². The zero-order valence-electron chi connectivity index (χ0n) is 20.4. The van der Waals surface area contributed by atoms with E-state index in [2.05, 4.69) is 69.6 Å². The van der Waals surface area contributed by atoms with Gasteiger partial charge in [0.2, 0.25) is 5.91 Å². The predicted molar refractivity (Wildman–Crippen MR) is 132 cm³/mol. The molecule has 0 bridgehead atoms. The van der Waals surface area contributed by atoms with Crippen LogP contribution in [-0.2, 0) is 11.3 Å². The van der Waals surface area contributed by atoms with Gasteiger partial charge in [0.25, 0.3) is 0 Å². The number of piperidine rings is 1. The van der Waals surface area contributed by atoms with Gasteiger partial charge in [0.1, 0.15) is 6.54 Å². The normalized spacial score (nSPS) is 25.0. The molecule has 3 unspecified atom stereocenters. The molecule has 2 fully saturated rings. The van der Waals surface area contributed by atoms with Crippen LogP contribution in [0.2, 0.25) is 0 Å². The molecule has 7 nitrogen and oxygen atoms in total. The fourth-order valence-corrected chi connectivity index (χ4v) is 4.80. The number of aliphatic imine (C=N–C) groups is 1. The maximum Gasteiger partial charge on any atom is 0.243 e. The number of likely N-dealkylation sites (N-methyl/N-ethyl adjacent to an activating group) is 2. The molecule has 2 aliphatic rings. The minimum absolute atomic E-state index is 0.0215. The maximum atomic E-state index is 12.1. The molecule has 3 atom stereocenters. The highest BCUT2D eigenvalue weighted by molar-refractivity contribution is 5.85. The van der Waals surface area contributed by atoms with Crippen molar-refractivity contribution in [3.8, 4) is 0 Å². The highest BCUT2D eigenvalue weighted by atomic mass is 16.2. The summed E-state index contributed by atoms with van der Waals surface area (Å²) in [5, 5.41) is 7.19. The summed E-state index contributed by atoms with van der Waals surface area (Å²) in [4.78, 5) is 23.4. The summed E-state index contributed by atoms with van der Waals surface area (Å²) in [5.41, 5.74) is 1.37. The van der Waals surface area contributed by atoms with Crippen molar-refractivity contribution < 1.29 is 4.79 Å². The number of rotatable bonds is 8. The zero-order valence-corrected chi connectivity index (χ0v) is 20.4. The van der Waals surface area contributed by atoms with Gasteiger partial charge in [0.15, 0.2) is 5.96 Å². The summed E-state index contributed by atoms with van der Waals surface area (Å²) in [6.45, 7) is 9.91. The lowest BCUT2D eigenvalue weighted by atomic mass is 9.97. The van der Waals surface area contributed by atoms with Crippen LogP contribution in [0, 0.1) is 0 Å². The van der Waals surface area contributed by atoms with E-state index in [9.17, 15) is 4.79 Å². The Hall–Kier alpha value is -2.12. The standard InChI is InChI=1S/C25H42N6O/c1-5-30-14-9-12-23(30)17-26-25(27-18-24(32)29(3)4)28-22-13-15-31(20(2)16-22)19-21-10-7-6-8-11-21/h6-8,10-11,20,22-23H,5,9,12-19H2,1-4H3,(H2,26,27,28). The molecule has 0 saturated carbocycles. The second-order valence-corrected chi connectivity index (χ2v) is 9.43. The molecular formula is C25H42N6O. The SMILES string of the molecule is CCN1CCCC1CNC(=NCC(=O)N(C)C)NC1CCN(Cc2ccccc2)C(C)C1. The van der Waals surface area contributed by atoms with Crippen molar-refractivity contribution in [2.45, 2.75) is 64.2 Å². The Labute approximate surface area is 194 Å². The molecular weight excluding hydrogens is 400 g/mol. The first-order valence-corrected chi connectivity index (χ1v) is 12.2. The number of nitrogens with one attached hydrogen (secondary N) is 2. The molecule has 2 N–H and O–H groups in total. The third-order valence-corrected chi connectivity index (χ3v) is 6.86. The van der Waals surface area contributed by atoms with Crippen LogP contribution in [0.1, 0.15) is 45.1 Å². The topological polar surface area (TPSA) is 63.2 Å². The minimum Gasteiger partial charge on any atom is -0.355 e. The van der Waals surface area contributed by atoms with Crippen molar-refractivity contribution in [1.82, 2.24) is 25.3 Å². The molecule has 178 valence electrons. The van der Waals surface area contributed by atoms with E-state index < -0.39 is 0 Å². The first kappa shape index (κ1) is 24.5. The Morgan fingerprint density at radius 1 is 1.16 bits per heavy atom. The Balaban J connectivity index is 1.56. The van der Waals surface area contributed by atoms with Crippen molar-refractivity contribution in [2.24, 2.45) is 4.99 Å². The number of nitrogens with zero attached hydrogens (tertiary/aromatic N) is 4. The average molecular weight is 443 g/mol. The number of likely N-dealkylation sites (tertiary alicyclic amines) is 2. The zero-order chi connectivity index (χ0) is 22.9. The van der Waals surface area contributed by atoms with Gasteiger partial charge < -0.3 is 15.5 Å². The van der Waals surface area contributed by atoms with Crippen molar-refractivity contribution in [3.05, 3.63) is 35.9 Å². The van der Waals surface area contributed by atoms with Crippen LogP contribution in [0.15, 0.2) is 35.3 Å². The molecule has 1 aromatic rings. The molecule has 2 aliphatic heterocycles. The average Bonchev–Trinajstić information content (AvgIpc) is 3.25. The van der Waals surface area contributed by atoms with E-state index in [0.29, 0.717) is 18.1 Å². The van der Waals surface area contributed by atoms with E-state index in [1.54, 1.807) is 19.0 Å². The number of hydrogen-bond acceptors (Lipinski definition) is 4. The summed E-state index contributed by atoms with van der Waals surface area (Å²) >= 11 is 0. The van der Waals surface area contributed by atoms with Crippen molar-refractivity contribution >= 4 is 11.9 Å². The lowest BCUT2D eigenvalue weighted by Crippen LogP contribution is -2.53. The van der Waals surface area contributed by atoms with Gasteiger partial charge in [-0.05, 0) is 51.3 Å². The summed E-state index contributed by atoms with van der Waals surface area (Å²) in [5.74, 6) is 0.796. The molecule has 0 aromatic heterocycles. The highest BCUT2D eigenvalue weighted by Crippen LogP contribution is 2.20. The molecule has 32 heavy (non-hydrogen) atoms. The van der Waals surface area contributed by atoms with Crippen LogP contribution in [0.4, 0.5) is 0 Å². The molecule has 7 heteroatoms. The van der Waals surface area contributed by atoms with E-state index >= 15 is 0 Å². The Morgan fingerprint density at radius 2 is 1.94 bits per heavy atom. The first-order valence-electron chi connectivity index (χ1n) is 12.2. The number of guanidine groups is 1. The fraction of sp³-hybridized carbons (Fsp3) is 0.680. The number of hydrogen-bond donors (Lipinski definition) is 2. The van der Waals surface area contributed by atoms with Crippen LogP contribution in [0.3, 0.4) is 0 Å². The molecule has 1 aromatic carbocycles. The lowest BCUT2D eigenvalue weighted by Gasteiger charge is -2.38. The molecule has 2 saturated heterocycles. The van der Waals surface area contributed by atoms with E-state index in [1.807, 2.05) is 0 Å². The first-order chi connectivity index (χ1) is 15.5. The minimum atomic E-state index is 0.0215. The van der Waals surface area contributed by atoms with Crippen LogP contribution >= 0.6 is 0 Å². The Morgan fingerprint density at radius 3 is 2.62 bits per heavy atom. The molecule has 0 aliphatic carbocycles. The fourth-order valence-electron chi connectivity index (χ4n) is 4.80. The predicted octanol–water partition coefficient (Wildman–Crippen LogP) is 2.15. The summed E-state index contributed by atoms with van der Waals surface area (Å²) in [7, 11) is 3.56. The smallest absolute Gasteiger partial charge is 0.243 e. The van der Waals surface area contributed by atoms with Gasteiger partial charge in [0.05, 0.1) is 0 Å². The third-order valence-electron chi connectivity index (χ3n) is 6.86. The maximum absolute atomic E-state index is 12.1. The van der Waals surface area contributed by atoms with E-state index in [0.717, 1.165) is 45.0 Å². The Bertz CT molecular complexity index is 737. The second kappa shape index (κ2) is 12.2. The van der Waals surface area contributed by atoms with Gasteiger partial charge in [-0.15, -0.1) is 0 Å². The molecule has 1 amide bonds. The Kier molecular flexibility index (Phi) is 9.36. The molecule has 0 spiro atoms. The molecule has 3 rings (SSSR count). The second-order valence-electron chi connectivity index (χ2n) is 9.43. The van der Waals surface area contributed by atoms with Gasteiger partial charge in [-0.2, -0.15) is 0 Å². The van der Waals surface area contributed by atoms with E-state index in [1.165, 1.54) is 24.9 Å². The monoisotopic (exact) mass is 442 g/mol. The number of carbonyl (C=O) groups excluding carboxylic acids is 1. The van der Waals surface area contributed by atoms with Gasteiger partial charge in [-0.3, -0.25) is 14.6 Å². The number of carbonyl (C=O) groups is 1. The van der Waals surface area contributed by atoms with E-state index in [-0.39, 0.29) is 12.5 Å². The third kappa shape index (κ3) is 7.20. The number of amides is 1. The van der Waals surface area contributed by atoms with Gasteiger partial charge in [0, 0.05) is 51.9 Å². The molecule has 2 heterocycles. The van der Waals surface area contributed by atoms with Crippen LogP contribution in [0.25, 0.3) is 0 Å². The lowest BCUT2D eigenvalue weighted by molar-refractivity contribution is -0.127. The van der Waals surface area contributed by atoms with Crippen LogP contribution in [0.5, 0.6) is 0 Å². The number of benzene rings is 1. The summed E-state index contributed by atoms with van der Waals surface area (Å²) < 4.78 is 0. The van der Waals surface area contributed by atoms with Crippen LogP contribution in [-0.4, -0.2) is 91.5 Å². The van der Waals surface area contributed by atoms with Crippen LogP contribution < -0.4 is 10.6 Å². The van der Waals surface area contributed by atoms with E-state index in [4.69, 9.17) is 0 Å². The quantitative estimate of drug-likeness (QED) is 0.477. The van der Waals surface area contributed by atoms with Crippen molar-refractivity contribution in [3.63, 3.8) is 0 Å². The van der Waals surface area contributed by atoms with Gasteiger partial charge >= 0.3 is 0 Å². The van der Waals surface area contributed by atoms with Gasteiger partial charge in [-0.1, -0.05) is 37.3 Å². The van der Waals surface area contributed by atoms with Crippen molar-refractivity contribution in [1.29, 1.82) is 0 Å². The largest absolute Gasteiger partial charge is 0.355 e. The molecule has 0 radical (unpaired) electrons. The van der Waals surface area contributed by atoms with Gasteiger partial charge in [-0.25, -0.2) is 4.99 Å². The summed E-state index contributed by atoms with van der Waals surface area (Å²) in [6, 6.07) is 12.1.